The van der Waals surface area contributed by atoms with Gasteiger partial charge in [-0.2, -0.15) is 0 Å². The Morgan fingerprint density at radius 2 is 2.47 bits per heavy atom. The number of nitrogens with one attached hydrogen (secondary N) is 1. The van der Waals surface area contributed by atoms with Crippen LogP contribution in [0, 0.1) is 6.92 Å². The van der Waals surface area contributed by atoms with Crippen LogP contribution in [0.25, 0.3) is 0 Å². The van der Waals surface area contributed by atoms with Gasteiger partial charge in [0.15, 0.2) is 0 Å². The zero-order chi connectivity index (χ0) is 12.8. The summed E-state index contributed by atoms with van der Waals surface area (Å²) in [5.41, 5.74) is 3.09. The second kappa shape index (κ2) is 6.65. The first-order valence-electron chi connectivity index (χ1n) is 5.19. The molecule has 7 heteroatoms. The number of aryl methyl sites for hydroxylation is 1. The van der Waals surface area contributed by atoms with Gasteiger partial charge in [0, 0.05) is 19.0 Å². The lowest BCUT2D eigenvalue weighted by Gasteiger charge is -2.24. The SMILES string of the molecule is COCC(C(=O)NN)N(C)Cc1csc(C)n1. The van der Waals surface area contributed by atoms with Crippen molar-refractivity contribution in [1.82, 2.24) is 15.3 Å². The average molecular weight is 258 g/mol. The third-order valence-electron chi connectivity index (χ3n) is 2.38. The molecule has 96 valence electrons. The van der Waals surface area contributed by atoms with Gasteiger partial charge >= 0.3 is 0 Å². The van der Waals surface area contributed by atoms with Crippen LogP contribution in [0.4, 0.5) is 0 Å². The number of hydrazine groups is 1. The second-order valence-corrected chi connectivity index (χ2v) is 4.81. The van der Waals surface area contributed by atoms with Crippen molar-refractivity contribution in [2.24, 2.45) is 5.84 Å². The lowest BCUT2D eigenvalue weighted by atomic mass is 10.2. The molecule has 0 fully saturated rings. The van der Waals surface area contributed by atoms with Gasteiger partial charge in [0.05, 0.1) is 17.3 Å². The van der Waals surface area contributed by atoms with Gasteiger partial charge in [-0.25, -0.2) is 10.8 Å². The number of nitrogens with two attached hydrogens (primary N) is 1. The highest BCUT2D eigenvalue weighted by molar-refractivity contribution is 7.09. The van der Waals surface area contributed by atoms with Crippen LogP contribution in [0.1, 0.15) is 10.7 Å². The lowest BCUT2D eigenvalue weighted by Crippen LogP contribution is -2.49. The highest BCUT2D eigenvalue weighted by atomic mass is 32.1. The van der Waals surface area contributed by atoms with Crippen LogP contribution in [-0.2, 0) is 16.1 Å². The van der Waals surface area contributed by atoms with Gasteiger partial charge in [-0.15, -0.1) is 11.3 Å². The Balaban J connectivity index is 2.64. The van der Waals surface area contributed by atoms with Crippen LogP contribution >= 0.6 is 11.3 Å². The van der Waals surface area contributed by atoms with Gasteiger partial charge in [0.25, 0.3) is 5.91 Å². The number of carbonyl (C=O) groups excluding carboxylic acids is 1. The summed E-state index contributed by atoms with van der Waals surface area (Å²) in [6, 6.07) is -0.410. The molecule has 0 bridgehead atoms. The number of ether oxygens (including phenoxy) is 1. The molecule has 17 heavy (non-hydrogen) atoms. The Hall–Kier alpha value is -1.02. The van der Waals surface area contributed by atoms with Crippen molar-refractivity contribution < 1.29 is 9.53 Å². The summed E-state index contributed by atoms with van der Waals surface area (Å²) in [4.78, 5) is 17.8. The van der Waals surface area contributed by atoms with E-state index in [1.807, 2.05) is 24.3 Å². The smallest absolute Gasteiger partial charge is 0.253 e. The van der Waals surface area contributed by atoms with E-state index in [1.165, 1.54) is 0 Å². The van der Waals surface area contributed by atoms with Gasteiger partial charge in [0.1, 0.15) is 6.04 Å². The minimum absolute atomic E-state index is 0.263. The molecule has 0 aliphatic rings. The summed E-state index contributed by atoms with van der Waals surface area (Å²) in [6.07, 6.45) is 0. The van der Waals surface area contributed by atoms with Gasteiger partial charge in [-0.05, 0) is 14.0 Å². The Morgan fingerprint density at radius 1 is 1.76 bits per heavy atom. The van der Waals surface area contributed by atoms with E-state index in [0.29, 0.717) is 13.2 Å². The molecule has 1 aromatic rings. The number of thiazole rings is 1. The molecule has 0 saturated carbocycles. The third kappa shape index (κ3) is 4.04. The summed E-state index contributed by atoms with van der Waals surface area (Å²) >= 11 is 1.59. The van der Waals surface area contributed by atoms with E-state index in [0.717, 1.165) is 10.7 Å². The fourth-order valence-corrected chi connectivity index (χ4v) is 2.11. The van der Waals surface area contributed by atoms with Crippen LogP contribution in [0.15, 0.2) is 5.38 Å². The van der Waals surface area contributed by atoms with Crippen molar-refractivity contribution in [1.29, 1.82) is 0 Å². The standard InChI is InChI=1S/C10H18N4O2S/c1-7-12-8(6-17-7)4-14(2)9(5-16-3)10(15)13-11/h6,9H,4-5,11H2,1-3H3,(H,13,15). The van der Waals surface area contributed by atoms with Crippen LogP contribution in [-0.4, -0.2) is 42.6 Å². The van der Waals surface area contributed by atoms with Crippen LogP contribution in [0.2, 0.25) is 0 Å². The summed E-state index contributed by atoms with van der Waals surface area (Å²) in [7, 11) is 3.39. The van der Waals surface area contributed by atoms with E-state index >= 15 is 0 Å². The second-order valence-electron chi connectivity index (χ2n) is 3.75. The number of hydrogen-bond donors (Lipinski definition) is 2. The quantitative estimate of drug-likeness (QED) is 0.423. The predicted molar refractivity (Wildman–Crippen MR) is 66.3 cm³/mol. The van der Waals surface area contributed by atoms with Gasteiger partial charge in [-0.3, -0.25) is 15.1 Å². The molecule has 1 aromatic heterocycles. The van der Waals surface area contributed by atoms with Crippen molar-refractivity contribution in [2.75, 3.05) is 20.8 Å². The highest BCUT2D eigenvalue weighted by Gasteiger charge is 2.22. The van der Waals surface area contributed by atoms with E-state index < -0.39 is 6.04 Å². The summed E-state index contributed by atoms with van der Waals surface area (Å²) in [6.45, 7) is 2.84. The number of hydrogen-bond acceptors (Lipinski definition) is 6. The van der Waals surface area contributed by atoms with Gasteiger partial charge in [-0.1, -0.05) is 0 Å². The molecule has 0 radical (unpaired) electrons. The number of carbonyl (C=O) groups is 1. The maximum absolute atomic E-state index is 11.6. The molecule has 0 aliphatic heterocycles. The zero-order valence-electron chi connectivity index (χ0n) is 10.3. The molecule has 1 unspecified atom stereocenters. The molecule has 1 heterocycles. The third-order valence-corrected chi connectivity index (χ3v) is 3.20. The van der Waals surface area contributed by atoms with Crippen molar-refractivity contribution >= 4 is 17.2 Å². The fraction of sp³-hybridized carbons (Fsp3) is 0.600. The van der Waals surface area contributed by atoms with Crippen molar-refractivity contribution in [3.05, 3.63) is 16.1 Å². The van der Waals surface area contributed by atoms with Crippen LogP contribution < -0.4 is 11.3 Å². The molecule has 1 atom stereocenters. The minimum atomic E-state index is -0.410. The summed E-state index contributed by atoms with van der Waals surface area (Å²) < 4.78 is 5.02. The van der Waals surface area contributed by atoms with Crippen LogP contribution in [0.3, 0.4) is 0 Å². The first-order valence-corrected chi connectivity index (χ1v) is 6.07. The summed E-state index contributed by atoms with van der Waals surface area (Å²) in [5.74, 6) is 4.88. The Morgan fingerprint density at radius 3 is 2.94 bits per heavy atom. The first-order chi connectivity index (χ1) is 8.08. The molecule has 1 amide bonds. The molecule has 3 N–H and O–H groups in total. The molecule has 1 rings (SSSR count). The van der Waals surface area contributed by atoms with E-state index in [-0.39, 0.29) is 5.91 Å². The Kier molecular flexibility index (Phi) is 5.49. The largest absolute Gasteiger partial charge is 0.383 e. The number of nitrogens with zero attached hydrogens (tertiary/aromatic N) is 2. The fourth-order valence-electron chi connectivity index (χ4n) is 1.50. The Bertz CT molecular complexity index is 369. The Labute approximate surface area is 105 Å². The zero-order valence-corrected chi connectivity index (χ0v) is 11.1. The number of likely N-dealkylation sites (N-methyl/N-ethyl adjacent to an activating group) is 1. The maximum Gasteiger partial charge on any atom is 0.253 e. The van der Waals surface area contributed by atoms with E-state index in [1.54, 1.807) is 18.4 Å². The van der Waals surface area contributed by atoms with Crippen molar-refractivity contribution in [3.63, 3.8) is 0 Å². The van der Waals surface area contributed by atoms with Crippen molar-refractivity contribution in [2.45, 2.75) is 19.5 Å². The van der Waals surface area contributed by atoms with E-state index in [4.69, 9.17) is 10.6 Å². The first kappa shape index (κ1) is 14.0. The van der Waals surface area contributed by atoms with E-state index in [9.17, 15) is 4.79 Å². The number of aromatic nitrogens is 1. The highest BCUT2D eigenvalue weighted by Crippen LogP contribution is 2.11. The van der Waals surface area contributed by atoms with Crippen molar-refractivity contribution in [3.8, 4) is 0 Å². The molecule has 0 saturated heterocycles. The normalized spacial score (nSPS) is 12.8. The maximum atomic E-state index is 11.6. The number of amides is 1. The monoisotopic (exact) mass is 258 g/mol. The van der Waals surface area contributed by atoms with Gasteiger partial charge in [0.2, 0.25) is 0 Å². The molecule has 0 aliphatic carbocycles. The average Bonchev–Trinajstić information content (AvgIpc) is 2.70. The molecule has 0 aromatic carbocycles. The molecule has 6 nitrogen and oxygen atoms in total. The van der Waals surface area contributed by atoms with Crippen LogP contribution in [0.5, 0.6) is 0 Å². The lowest BCUT2D eigenvalue weighted by molar-refractivity contribution is -0.128. The number of methoxy groups -OCH3 is 1. The summed E-state index contributed by atoms with van der Waals surface area (Å²) in [5, 5.41) is 3.00. The topological polar surface area (TPSA) is 80.5 Å². The molecule has 0 spiro atoms. The minimum Gasteiger partial charge on any atom is -0.383 e. The molecular weight excluding hydrogens is 240 g/mol. The molecular formula is C10H18N4O2S. The number of rotatable bonds is 6. The predicted octanol–water partition coefficient (Wildman–Crippen LogP) is -0.112. The van der Waals surface area contributed by atoms with E-state index in [2.05, 4.69) is 10.4 Å². The van der Waals surface area contributed by atoms with Gasteiger partial charge < -0.3 is 4.74 Å².